The number of rotatable bonds is 4. The van der Waals surface area contributed by atoms with E-state index in [1.54, 1.807) is 26.8 Å². The summed E-state index contributed by atoms with van der Waals surface area (Å²) in [5.74, 6) is -1.93. The molecular formula is C15H15ClN2O5. The van der Waals surface area contributed by atoms with Gasteiger partial charge in [-0.25, -0.2) is 9.59 Å². The Morgan fingerprint density at radius 3 is 2.65 bits per heavy atom. The minimum atomic E-state index is -1.63. The Morgan fingerprint density at radius 1 is 1.43 bits per heavy atom. The minimum Gasteiger partial charge on any atom is -0.479 e. The van der Waals surface area contributed by atoms with E-state index < -0.39 is 23.0 Å². The van der Waals surface area contributed by atoms with Gasteiger partial charge in [0, 0.05) is 5.39 Å². The van der Waals surface area contributed by atoms with Crippen molar-refractivity contribution in [1.82, 2.24) is 9.78 Å². The lowest BCUT2D eigenvalue weighted by molar-refractivity contribution is -0.138. The van der Waals surface area contributed by atoms with Crippen molar-refractivity contribution in [2.75, 3.05) is 6.61 Å². The van der Waals surface area contributed by atoms with Crippen LogP contribution in [-0.4, -0.2) is 33.4 Å². The Bertz CT molecular complexity index is 859. The van der Waals surface area contributed by atoms with Crippen LogP contribution >= 0.6 is 11.6 Å². The van der Waals surface area contributed by atoms with Crippen LogP contribution in [0.1, 0.15) is 33.9 Å². The van der Waals surface area contributed by atoms with E-state index >= 15 is 0 Å². The van der Waals surface area contributed by atoms with Gasteiger partial charge in [-0.1, -0.05) is 11.6 Å². The maximum absolute atomic E-state index is 12.5. The number of aryl methyl sites for hydroxylation is 2. The molecule has 0 saturated heterocycles. The van der Waals surface area contributed by atoms with E-state index in [0.717, 1.165) is 0 Å². The fourth-order valence-corrected chi connectivity index (χ4v) is 2.61. The van der Waals surface area contributed by atoms with E-state index in [4.69, 9.17) is 21.4 Å². The number of halogens is 1. The highest BCUT2D eigenvalue weighted by atomic mass is 35.5. The molecule has 1 heterocycles. The van der Waals surface area contributed by atoms with Crippen LogP contribution in [0.2, 0.25) is 0 Å². The van der Waals surface area contributed by atoms with Crippen molar-refractivity contribution < 1.29 is 19.4 Å². The fourth-order valence-electron chi connectivity index (χ4n) is 2.48. The van der Waals surface area contributed by atoms with E-state index in [-0.39, 0.29) is 17.6 Å². The van der Waals surface area contributed by atoms with Crippen LogP contribution in [-0.2, 0) is 9.53 Å². The van der Waals surface area contributed by atoms with Crippen LogP contribution in [0.3, 0.4) is 0 Å². The normalized spacial score (nSPS) is 12.2. The van der Waals surface area contributed by atoms with Crippen molar-refractivity contribution in [2.45, 2.75) is 26.3 Å². The summed E-state index contributed by atoms with van der Waals surface area (Å²) in [5, 5.41) is 13.4. The van der Waals surface area contributed by atoms with Crippen LogP contribution in [0.25, 0.3) is 10.8 Å². The van der Waals surface area contributed by atoms with E-state index in [9.17, 15) is 14.4 Å². The molecule has 1 aromatic heterocycles. The van der Waals surface area contributed by atoms with E-state index in [1.807, 2.05) is 0 Å². The lowest BCUT2D eigenvalue weighted by atomic mass is 9.97. The SMILES string of the molecule is CCOC(=O)c1c(C)cc2cnn(C(Cl)C(=O)O)c(=O)c2c1C. The van der Waals surface area contributed by atoms with Crippen molar-refractivity contribution >= 4 is 34.3 Å². The maximum atomic E-state index is 12.5. The van der Waals surface area contributed by atoms with Gasteiger partial charge in [0.2, 0.25) is 5.50 Å². The number of carbonyl (C=O) groups excluding carboxylic acids is 1. The van der Waals surface area contributed by atoms with Gasteiger partial charge in [-0.05, 0) is 38.0 Å². The third-order valence-electron chi connectivity index (χ3n) is 3.45. The van der Waals surface area contributed by atoms with E-state index in [0.29, 0.717) is 21.2 Å². The summed E-state index contributed by atoms with van der Waals surface area (Å²) in [6.45, 7) is 5.23. The van der Waals surface area contributed by atoms with Crippen LogP contribution in [0.5, 0.6) is 0 Å². The highest BCUT2D eigenvalue weighted by molar-refractivity contribution is 6.27. The lowest BCUT2D eigenvalue weighted by Crippen LogP contribution is -2.29. The number of alkyl halides is 1. The molecule has 2 aromatic rings. The van der Waals surface area contributed by atoms with Crippen LogP contribution < -0.4 is 5.56 Å². The molecule has 2 rings (SSSR count). The maximum Gasteiger partial charge on any atom is 0.344 e. The van der Waals surface area contributed by atoms with Gasteiger partial charge in [0.15, 0.2) is 0 Å². The summed E-state index contributed by atoms with van der Waals surface area (Å²) >= 11 is 5.69. The number of fused-ring (bicyclic) bond motifs is 1. The molecule has 1 unspecified atom stereocenters. The average Bonchev–Trinajstić information content (AvgIpc) is 2.46. The van der Waals surface area contributed by atoms with Crippen molar-refractivity contribution in [3.8, 4) is 0 Å². The van der Waals surface area contributed by atoms with Crippen molar-refractivity contribution in [2.24, 2.45) is 0 Å². The molecule has 0 amide bonds. The first-order valence-corrected chi connectivity index (χ1v) is 7.29. The third-order valence-corrected chi connectivity index (χ3v) is 3.82. The number of carboxylic acids is 1. The third kappa shape index (κ3) is 2.92. The zero-order valence-electron chi connectivity index (χ0n) is 12.8. The van der Waals surface area contributed by atoms with Crippen molar-refractivity contribution in [3.63, 3.8) is 0 Å². The zero-order valence-corrected chi connectivity index (χ0v) is 13.5. The number of ether oxygens (including phenoxy) is 1. The smallest absolute Gasteiger partial charge is 0.344 e. The fraction of sp³-hybridized carbons (Fsp3) is 0.333. The summed E-state index contributed by atoms with van der Waals surface area (Å²) in [5.41, 5.74) is -0.954. The van der Waals surface area contributed by atoms with Crippen LogP contribution in [0, 0.1) is 13.8 Å². The Labute approximate surface area is 136 Å². The van der Waals surface area contributed by atoms with Gasteiger partial charge in [0.25, 0.3) is 5.56 Å². The number of aromatic nitrogens is 2. The molecule has 1 aromatic carbocycles. The first-order valence-electron chi connectivity index (χ1n) is 6.85. The molecule has 0 radical (unpaired) electrons. The van der Waals surface area contributed by atoms with Crippen molar-refractivity contribution in [3.05, 3.63) is 39.3 Å². The molecule has 0 aliphatic rings. The molecule has 122 valence electrons. The standard InChI is InChI=1S/C15H15ClN2O5/c1-4-23-15(22)10-7(2)5-9-6-17-18(12(16)14(20)21)13(19)11(9)8(10)3/h5-6,12H,4H2,1-3H3,(H,20,21). The second-order valence-electron chi connectivity index (χ2n) is 4.95. The number of hydrogen-bond donors (Lipinski definition) is 1. The zero-order chi connectivity index (χ0) is 17.3. The molecule has 8 heteroatoms. The Hall–Kier alpha value is -2.41. The van der Waals surface area contributed by atoms with Crippen molar-refractivity contribution in [1.29, 1.82) is 0 Å². The number of benzene rings is 1. The molecule has 1 atom stereocenters. The molecule has 0 aliphatic carbocycles. The minimum absolute atomic E-state index is 0.195. The highest BCUT2D eigenvalue weighted by Crippen LogP contribution is 2.24. The summed E-state index contributed by atoms with van der Waals surface area (Å²) in [6.07, 6.45) is 1.35. The number of nitrogens with zero attached hydrogens (tertiary/aromatic N) is 2. The van der Waals surface area contributed by atoms with Gasteiger partial charge in [-0.15, -0.1) is 0 Å². The number of carbonyl (C=O) groups is 2. The molecule has 23 heavy (non-hydrogen) atoms. The quantitative estimate of drug-likeness (QED) is 0.676. The molecule has 7 nitrogen and oxygen atoms in total. The van der Waals surface area contributed by atoms with Crippen LogP contribution in [0.4, 0.5) is 0 Å². The molecule has 0 fully saturated rings. The molecular weight excluding hydrogens is 324 g/mol. The Balaban J connectivity index is 2.80. The summed E-state index contributed by atoms with van der Waals surface area (Å²) in [4.78, 5) is 35.6. The Kier molecular flexibility index (Phi) is 4.70. The molecule has 0 spiro atoms. The molecule has 1 N–H and O–H groups in total. The first-order chi connectivity index (χ1) is 10.8. The number of hydrogen-bond acceptors (Lipinski definition) is 5. The predicted molar refractivity (Wildman–Crippen MR) is 84.0 cm³/mol. The summed E-state index contributed by atoms with van der Waals surface area (Å²) in [6, 6.07) is 1.64. The summed E-state index contributed by atoms with van der Waals surface area (Å²) < 4.78 is 5.68. The van der Waals surface area contributed by atoms with Crippen LogP contribution in [0.15, 0.2) is 17.1 Å². The van der Waals surface area contributed by atoms with Gasteiger partial charge in [0.05, 0.1) is 23.8 Å². The highest BCUT2D eigenvalue weighted by Gasteiger charge is 2.23. The summed E-state index contributed by atoms with van der Waals surface area (Å²) in [7, 11) is 0. The largest absolute Gasteiger partial charge is 0.479 e. The first kappa shape index (κ1) is 17.0. The van der Waals surface area contributed by atoms with Gasteiger partial charge < -0.3 is 9.84 Å². The second-order valence-corrected chi connectivity index (χ2v) is 5.36. The lowest BCUT2D eigenvalue weighted by Gasteiger charge is -2.14. The van der Waals surface area contributed by atoms with Gasteiger partial charge in [-0.3, -0.25) is 4.79 Å². The number of esters is 1. The topological polar surface area (TPSA) is 98.5 Å². The Morgan fingerprint density at radius 2 is 2.09 bits per heavy atom. The molecule has 0 aliphatic heterocycles. The number of aliphatic carboxylic acids is 1. The monoisotopic (exact) mass is 338 g/mol. The molecule has 0 saturated carbocycles. The van der Waals surface area contributed by atoms with E-state index in [1.165, 1.54) is 6.20 Å². The predicted octanol–water partition coefficient (Wildman–Crippen LogP) is 2.01. The number of carboxylic acid groups (broad SMARTS) is 1. The molecule has 0 bridgehead atoms. The van der Waals surface area contributed by atoms with Gasteiger partial charge in [-0.2, -0.15) is 9.78 Å². The van der Waals surface area contributed by atoms with E-state index in [2.05, 4.69) is 5.10 Å². The van der Waals surface area contributed by atoms with Gasteiger partial charge >= 0.3 is 11.9 Å². The second kappa shape index (κ2) is 6.37. The average molecular weight is 339 g/mol. The van der Waals surface area contributed by atoms with Gasteiger partial charge in [0.1, 0.15) is 0 Å².